The summed E-state index contributed by atoms with van der Waals surface area (Å²) in [6.45, 7) is 3.18. The van der Waals surface area contributed by atoms with E-state index < -0.39 is 21.1 Å². The maximum atomic E-state index is 15.3. The summed E-state index contributed by atoms with van der Waals surface area (Å²) in [5.41, 5.74) is 1.87. The molecule has 5 rings (SSSR count). The predicted molar refractivity (Wildman–Crippen MR) is 135 cm³/mol. The van der Waals surface area contributed by atoms with Crippen molar-refractivity contribution in [2.24, 2.45) is 5.92 Å². The third-order valence-corrected chi connectivity index (χ3v) is 10.0. The molecule has 10 heteroatoms. The molecule has 192 valence electrons. The lowest BCUT2D eigenvalue weighted by molar-refractivity contribution is 0.160. The molecule has 2 aromatic carbocycles. The lowest BCUT2D eigenvalue weighted by Gasteiger charge is -2.39. The SMILES string of the molecule is C[C@H]1CC[C@H](c2ccccc2)S(=O)(=O)N1Cc1ccc(N2CC[C@@H](n3cnnc3)[C@@H](CO)C2)cc1F. The van der Waals surface area contributed by atoms with Crippen molar-refractivity contribution in [3.8, 4) is 0 Å². The molecule has 0 spiro atoms. The van der Waals surface area contributed by atoms with E-state index in [0.29, 0.717) is 25.1 Å². The Labute approximate surface area is 211 Å². The highest BCUT2D eigenvalue weighted by atomic mass is 32.2. The molecule has 0 radical (unpaired) electrons. The molecule has 2 fully saturated rings. The molecule has 0 bridgehead atoms. The van der Waals surface area contributed by atoms with E-state index in [9.17, 15) is 13.5 Å². The Bertz CT molecular complexity index is 1270. The van der Waals surface area contributed by atoms with E-state index in [1.54, 1.807) is 18.7 Å². The second-order valence-electron chi connectivity index (χ2n) is 9.85. The molecule has 4 atom stereocenters. The molecule has 2 saturated heterocycles. The van der Waals surface area contributed by atoms with Gasteiger partial charge in [0.15, 0.2) is 0 Å². The van der Waals surface area contributed by atoms with Gasteiger partial charge in [0.05, 0.1) is 0 Å². The molecular weight excluding hydrogens is 481 g/mol. The maximum absolute atomic E-state index is 15.3. The van der Waals surface area contributed by atoms with Crippen LogP contribution in [0.1, 0.15) is 48.6 Å². The van der Waals surface area contributed by atoms with Gasteiger partial charge in [0.25, 0.3) is 0 Å². The summed E-state index contributed by atoms with van der Waals surface area (Å²) < 4.78 is 45.7. The van der Waals surface area contributed by atoms with Gasteiger partial charge >= 0.3 is 0 Å². The first-order chi connectivity index (χ1) is 17.4. The van der Waals surface area contributed by atoms with Gasteiger partial charge in [-0.25, -0.2) is 12.8 Å². The lowest BCUT2D eigenvalue weighted by Crippen LogP contribution is -2.45. The van der Waals surface area contributed by atoms with Gasteiger partial charge in [0, 0.05) is 55.5 Å². The second-order valence-corrected chi connectivity index (χ2v) is 11.9. The fraction of sp³-hybridized carbons (Fsp3) is 0.462. The van der Waals surface area contributed by atoms with Crippen molar-refractivity contribution in [2.45, 2.75) is 50.1 Å². The fourth-order valence-corrected chi connectivity index (χ4v) is 7.78. The number of nitrogens with zero attached hydrogens (tertiary/aromatic N) is 5. The molecule has 3 heterocycles. The average molecular weight is 514 g/mol. The summed E-state index contributed by atoms with van der Waals surface area (Å²) in [7, 11) is -3.63. The number of aromatic nitrogens is 3. The number of halogens is 1. The summed E-state index contributed by atoms with van der Waals surface area (Å²) >= 11 is 0. The highest BCUT2D eigenvalue weighted by Gasteiger charge is 2.40. The van der Waals surface area contributed by atoms with E-state index in [4.69, 9.17) is 0 Å². The van der Waals surface area contributed by atoms with Crippen LogP contribution in [-0.2, 0) is 16.6 Å². The minimum Gasteiger partial charge on any atom is -0.396 e. The normalized spacial score (nSPS) is 26.7. The number of hydrogen-bond donors (Lipinski definition) is 1. The van der Waals surface area contributed by atoms with Crippen molar-refractivity contribution in [3.05, 3.63) is 78.1 Å². The van der Waals surface area contributed by atoms with Crippen LogP contribution in [0, 0.1) is 11.7 Å². The summed E-state index contributed by atoms with van der Waals surface area (Å²) in [4.78, 5) is 2.07. The van der Waals surface area contributed by atoms with E-state index in [0.717, 1.165) is 24.1 Å². The van der Waals surface area contributed by atoms with E-state index in [2.05, 4.69) is 15.1 Å². The van der Waals surface area contributed by atoms with Gasteiger partial charge in [-0.15, -0.1) is 10.2 Å². The third-order valence-electron chi connectivity index (χ3n) is 7.67. The molecule has 8 nitrogen and oxygen atoms in total. The number of benzene rings is 2. The second kappa shape index (κ2) is 10.3. The number of rotatable bonds is 6. The molecule has 2 aliphatic heterocycles. The van der Waals surface area contributed by atoms with Gasteiger partial charge in [-0.2, -0.15) is 4.31 Å². The zero-order valence-corrected chi connectivity index (χ0v) is 21.1. The van der Waals surface area contributed by atoms with Gasteiger partial charge in [-0.3, -0.25) is 0 Å². The van der Waals surface area contributed by atoms with E-state index in [1.807, 2.05) is 47.9 Å². The van der Waals surface area contributed by atoms with Gasteiger partial charge < -0.3 is 14.6 Å². The number of aliphatic hydroxyl groups excluding tert-OH is 1. The number of anilines is 1. The number of piperidine rings is 1. The van der Waals surface area contributed by atoms with Crippen LogP contribution >= 0.6 is 0 Å². The third kappa shape index (κ3) is 4.77. The molecule has 1 aromatic heterocycles. The van der Waals surface area contributed by atoms with Gasteiger partial charge in [-0.1, -0.05) is 36.4 Å². The zero-order chi connectivity index (χ0) is 25.3. The van der Waals surface area contributed by atoms with Crippen LogP contribution < -0.4 is 4.90 Å². The molecule has 1 N–H and O–H groups in total. The highest BCUT2D eigenvalue weighted by Crippen LogP contribution is 2.38. The molecule has 0 unspecified atom stereocenters. The topological polar surface area (TPSA) is 91.6 Å². The van der Waals surface area contributed by atoms with Crippen molar-refractivity contribution < 1.29 is 17.9 Å². The molecule has 36 heavy (non-hydrogen) atoms. The monoisotopic (exact) mass is 513 g/mol. The predicted octanol–water partition coefficient (Wildman–Crippen LogP) is 3.53. The van der Waals surface area contributed by atoms with Crippen molar-refractivity contribution in [1.82, 2.24) is 19.1 Å². The molecule has 3 aromatic rings. The van der Waals surface area contributed by atoms with Crippen molar-refractivity contribution in [1.29, 1.82) is 0 Å². The fourth-order valence-electron chi connectivity index (χ4n) is 5.59. The van der Waals surface area contributed by atoms with Gasteiger partial charge in [0.2, 0.25) is 10.0 Å². The average Bonchev–Trinajstić information content (AvgIpc) is 3.42. The van der Waals surface area contributed by atoms with Crippen LogP contribution in [0.4, 0.5) is 10.1 Å². The van der Waals surface area contributed by atoms with Crippen LogP contribution in [0.5, 0.6) is 0 Å². The maximum Gasteiger partial charge on any atom is 0.221 e. The molecule has 2 aliphatic rings. The van der Waals surface area contributed by atoms with E-state index >= 15 is 4.39 Å². The first kappa shape index (κ1) is 24.9. The summed E-state index contributed by atoms with van der Waals surface area (Å²) in [6, 6.07) is 14.2. The standard InChI is InChI=1S/C26H32FN5O3S/c1-19-7-10-26(20-5-3-2-4-6-20)36(34,35)32(19)15-21-8-9-23(13-24(21)27)30-12-11-25(22(14-30)16-33)31-17-28-29-18-31/h2-6,8-9,13,17-19,22,25-26,33H,7,10-12,14-16H2,1H3/t19-,22+,25+,26+/m0/s1. The largest absolute Gasteiger partial charge is 0.396 e. The smallest absolute Gasteiger partial charge is 0.221 e. The quantitative estimate of drug-likeness (QED) is 0.542. The molecule has 0 saturated carbocycles. The first-order valence-corrected chi connectivity index (χ1v) is 13.9. The van der Waals surface area contributed by atoms with Crippen molar-refractivity contribution >= 4 is 15.7 Å². The van der Waals surface area contributed by atoms with Crippen molar-refractivity contribution in [3.63, 3.8) is 0 Å². The first-order valence-electron chi connectivity index (χ1n) is 12.4. The zero-order valence-electron chi connectivity index (χ0n) is 20.3. The Hall–Kier alpha value is -2.82. The molecular formula is C26H32FN5O3S. The van der Waals surface area contributed by atoms with Crippen molar-refractivity contribution in [2.75, 3.05) is 24.6 Å². The van der Waals surface area contributed by atoms with Crippen LogP contribution in [0.15, 0.2) is 61.2 Å². The number of sulfonamides is 1. The van der Waals surface area contributed by atoms with Crippen LogP contribution in [0.3, 0.4) is 0 Å². The summed E-state index contributed by atoms with van der Waals surface area (Å²) in [5.74, 6) is -0.454. The highest BCUT2D eigenvalue weighted by molar-refractivity contribution is 7.89. The van der Waals surface area contributed by atoms with Gasteiger partial charge in [-0.05, 0) is 43.9 Å². The van der Waals surface area contributed by atoms with E-state index in [1.165, 1.54) is 10.4 Å². The Morgan fingerprint density at radius 1 is 1.06 bits per heavy atom. The van der Waals surface area contributed by atoms with Crippen LogP contribution in [0.2, 0.25) is 0 Å². The Kier molecular flexibility index (Phi) is 7.09. The number of hydrogen-bond acceptors (Lipinski definition) is 6. The molecule has 0 aliphatic carbocycles. The lowest BCUT2D eigenvalue weighted by atomic mass is 9.92. The Morgan fingerprint density at radius 2 is 1.81 bits per heavy atom. The number of aliphatic hydroxyl groups is 1. The summed E-state index contributed by atoms with van der Waals surface area (Å²) in [5, 5.41) is 17.1. The van der Waals surface area contributed by atoms with E-state index in [-0.39, 0.29) is 31.2 Å². The minimum absolute atomic E-state index is 0.00714. The van der Waals surface area contributed by atoms with Crippen LogP contribution in [0.25, 0.3) is 0 Å². The van der Waals surface area contributed by atoms with Crippen LogP contribution in [-0.4, -0.2) is 58.3 Å². The van der Waals surface area contributed by atoms with Gasteiger partial charge in [0.1, 0.15) is 23.7 Å². The minimum atomic E-state index is -3.63. The summed E-state index contributed by atoms with van der Waals surface area (Å²) in [6.07, 6.45) is 5.38. The Balaban J connectivity index is 1.32. The Morgan fingerprint density at radius 3 is 2.50 bits per heavy atom. The molecule has 0 amide bonds.